The van der Waals surface area contributed by atoms with E-state index in [4.69, 9.17) is 9.47 Å². The number of carbonyl (C=O) groups is 2. The Morgan fingerprint density at radius 1 is 1.39 bits per heavy atom. The second-order valence-electron chi connectivity index (χ2n) is 4.98. The summed E-state index contributed by atoms with van der Waals surface area (Å²) in [5.41, 5.74) is 1.20. The van der Waals surface area contributed by atoms with Gasteiger partial charge in [0.25, 0.3) is 0 Å². The molecule has 4 heteroatoms. The molecule has 0 amide bonds. The van der Waals surface area contributed by atoms with Crippen LogP contribution in [0.3, 0.4) is 0 Å². The fourth-order valence-electron chi connectivity index (χ4n) is 2.01. The lowest BCUT2D eigenvalue weighted by Crippen LogP contribution is -2.42. The lowest BCUT2D eigenvalue weighted by atomic mass is 9.91. The van der Waals surface area contributed by atoms with Crippen molar-refractivity contribution >= 4 is 11.8 Å². The second-order valence-corrected chi connectivity index (χ2v) is 4.98. The van der Waals surface area contributed by atoms with Crippen molar-refractivity contribution in [1.29, 1.82) is 0 Å². The molecular formula is C14H16O4. The molecule has 0 bridgehead atoms. The van der Waals surface area contributed by atoms with Crippen molar-refractivity contribution in [2.24, 2.45) is 0 Å². The van der Waals surface area contributed by atoms with Gasteiger partial charge in [0.1, 0.15) is 5.75 Å². The summed E-state index contributed by atoms with van der Waals surface area (Å²) in [5, 5.41) is 0. The van der Waals surface area contributed by atoms with E-state index < -0.39 is 11.6 Å². The Morgan fingerprint density at radius 3 is 2.67 bits per heavy atom. The topological polar surface area (TPSA) is 52.6 Å². The van der Waals surface area contributed by atoms with E-state index in [0.717, 1.165) is 11.1 Å². The van der Waals surface area contributed by atoms with Crippen molar-refractivity contribution in [2.45, 2.75) is 32.8 Å². The molecule has 0 aromatic heterocycles. The Kier molecular flexibility index (Phi) is 2.89. The minimum atomic E-state index is -0.799. The predicted molar refractivity (Wildman–Crippen MR) is 65.9 cm³/mol. The van der Waals surface area contributed by atoms with Gasteiger partial charge in [0, 0.05) is 12.0 Å². The van der Waals surface area contributed by atoms with Gasteiger partial charge >= 0.3 is 5.97 Å². The summed E-state index contributed by atoms with van der Waals surface area (Å²) in [5.74, 6) is 0.284. The molecule has 1 aromatic rings. The lowest BCUT2D eigenvalue weighted by Gasteiger charge is -2.31. The number of rotatable bonds is 1. The molecule has 0 unspecified atom stereocenters. The Balaban J connectivity index is 2.49. The number of esters is 1. The molecular weight excluding hydrogens is 232 g/mol. The van der Waals surface area contributed by atoms with Crippen LogP contribution in [0.5, 0.6) is 5.75 Å². The van der Waals surface area contributed by atoms with Crippen molar-refractivity contribution in [3.8, 4) is 5.75 Å². The van der Waals surface area contributed by atoms with Gasteiger partial charge in [-0.3, -0.25) is 4.79 Å². The predicted octanol–water partition coefficient (Wildman–Crippen LogP) is 2.06. The molecule has 1 aromatic carbocycles. The molecule has 0 atom stereocenters. The Labute approximate surface area is 106 Å². The number of hydrogen-bond donors (Lipinski definition) is 0. The zero-order valence-corrected chi connectivity index (χ0v) is 11.0. The minimum Gasteiger partial charge on any atom is -0.480 e. The van der Waals surface area contributed by atoms with Gasteiger partial charge in [0.15, 0.2) is 11.4 Å². The van der Waals surface area contributed by atoms with E-state index in [0.29, 0.717) is 11.3 Å². The first-order chi connectivity index (χ1) is 8.35. The van der Waals surface area contributed by atoms with Crippen LogP contribution < -0.4 is 4.74 Å². The van der Waals surface area contributed by atoms with Crippen molar-refractivity contribution in [1.82, 2.24) is 0 Å². The first kappa shape index (κ1) is 12.6. The molecule has 1 aliphatic heterocycles. The molecule has 0 spiro atoms. The number of Topliss-reactive ketones (excluding diaryl/α,β-unsaturated/α-hetero) is 1. The Bertz CT molecular complexity index is 529. The molecule has 1 heterocycles. The van der Waals surface area contributed by atoms with Gasteiger partial charge in [-0.25, -0.2) is 4.79 Å². The highest BCUT2D eigenvalue weighted by molar-refractivity contribution is 5.94. The molecule has 1 aliphatic rings. The van der Waals surface area contributed by atoms with Gasteiger partial charge in [-0.2, -0.15) is 0 Å². The third kappa shape index (κ3) is 1.98. The number of fused-ring (bicyclic) bond motifs is 1. The quantitative estimate of drug-likeness (QED) is 0.714. The number of methoxy groups -OCH3 is 1. The van der Waals surface area contributed by atoms with E-state index in [1.54, 1.807) is 26.0 Å². The first-order valence-corrected chi connectivity index (χ1v) is 5.79. The second kappa shape index (κ2) is 4.12. The van der Waals surface area contributed by atoms with Crippen molar-refractivity contribution in [3.05, 3.63) is 28.8 Å². The molecule has 0 saturated heterocycles. The van der Waals surface area contributed by atoms with Crippen molar-refractivity contribution in [3.63, 3.8) is 0 Å². The van der Waals surface area contributed by atoms with Crippen LogP contribution in [0.25, 0.3) is 0 Å². The Morgan fingerprint density at radius 2 is 2.06 bits per heavy atom. The fourth-order valence-corrected chi connectivity index (χ4v) is 2.01. The number of ether oxygens (including phenoxy) is 2. The summed E-state index contributed by atoms with van der Waals surface area (Å²) < 4.78 is 10.4. The molecule has 18 heavy (non-hydrogen) atoms. The van der Waals surface area contributed by atoms with E-state index in [1.165, 1.54) is 7.11 Å². The average molecular weight is 248 g/mol. The largest absolute Gasteiger partial charge is 0.480 e. The van der Waals surface area contributed by atoms with Crippen LogP contribution >= 0.6 is 0 Å². The Hall–Kier alpha value is -1.84. The van der Waals surface area contributed by atoms with Gasteiger partial charge in [0.2, 0.25) is 0 Å². The maximum atomic E-state index is 11.9. The maximum Gasteiger partial charge on any atom is 0.338 e. The third-order valence-electron chi connectivity index (χ3n) is 3.20. The number of carbonyl (C=O) groups excluding carboxylic acids is 2. The highest BCUT2D eigenvalue weighted by Crippen LogP contribution is 2.33. The smallest absolute Gasteiger partial charge is 0.338 e. The van der Waals surface area contributed by atoms with Crippen LogP contribution in [0.1, 0.15) is 35.3 Å². The van der Waals surface area contributed by atoms with E-state index in [9.17, 15) is 9.59 Å². The van der Waals surface area contributed by atoms with Gasteiger partial charge in [0.05, 0.1) is 12.7 Å². The first-order valence-electron chi connectivity index (χ1n) is 5.79. The van der Waals surface area contributed by atoms with Crippen LogP contribution in [-0.2, 0) is 16.0 Å². The van der Waals surface area contributed by atoms with E-state index in [1.807, 2.05) is 6.92 Å². The molecule has 96 valence electrons. The van der Waals surface area contributed by atoms with E-state index in [-0.39, 0.29) is 12.2 Å². The molecule has 0 fully saturated rings. The third-order valence-corrected chi connectivity index (χ3v) is 3.20. The van der Waals surface area contributed by atoms with Crippen LogP contribution in [0.2, 0.25) is 0 Å². The monoisotopic (exact) mass is 248 g/mol. The summed E-state index contributed by atoms with van der Waals surface area (Å²) in [7, 11) is 1.34. The summed E-state index contributed by atoms with van der Waals surface area (Å²) in [6, 6.07) is 3.47. The summed E-state index contributed by atoms with van der Waals surface area (Å²) >= 11 is 0. The molecule has 0 saturated carbocycles. The van der Waals surface area contributed by atoms with Gasteiger partial charge < -0.3 is 9.47 Å². The van der Waals surface area contributed by atoms with Gasteiger partial charge in [-0.15, -0.1) is 0 Å². The SMILES string of the molecule is COC(=O)c1cc2c(cc1C)OC(C)(C)C(=O)C2. The normalized spacial score (nSPS) is 16.8. The fraction of sp³-hybridized carbons (Fsp3) is 0.429. The number of benzene rings is 1. The van der Waals surface area contributed by atoms with E-state index in [2.05, 4.69) is 0 Å². The summed E-state index contributed by atoms with van der Waals surface area (Å²) in [6.07, 6.45) is 0.284. The van der Waals surface area contributed by atoms with Crippen LogP contribution in [-0.4, -0.2) is 24.5 Å². The summed E-state index contributed by atoms with van der Waals surface area (Å²) in [4.78, 5) is 23.5. The molecule has 0 aliphatic carbocycles. The molecule has 0 radical (unpaired) electrons. The number of hydrogen-bond acceptors (Lipinski definition) is 4. The molecule has 2 rings (SSSR count). The number of aryl methyl sites for hydroxylation is 1. The number of ketones is 1. The van der Waals surface area contributed by atoms with Crippen LogP contribution in [0.15, 0.2) is 12.1 Å². The zero-order valence-electron chi connectivity index (χ0n) is 11.0. The maximum absolute atomic E-state index is 11.9. The van der Waals surface area contributed by atoms with Crippen LogP contribution in [0.4, 0.5) is 0 Å². The molecule has 0 N–H and O–H groups in total. The summed E-state index contributed by atoms with van der Waals surface area (Å²) in [6.45, 7) is 5.32. The highest BCUT2D eigenvalue weighted by Gasteiger charge is 2.35. The van der Waals surface area contributed by atoms with Crippen LogP contribution in [0, 0.1) is 6.92 Å². The molecule has 4 nitrogen and oxygen atoms in total. The standard InChI is InChI=1S/C14H16O4/c1-8-5-11-9(6-10(8)13(16)17-4)7-12(15)14(2,3)18-11/h5-6H,7H2,1-4H3. The van der Waals surface area contributed by atoms with Crippen molar-refractivity contribution < 1.29 is 19.1 Å². The average Bonchev–Trinajstić information content (AvgIpc) is 2.29. The van der Waals surface area contributed by atoms with E-state index >= 15 is 0 Å². The minimum absolute atomic E-state index is 0.00895. The van der Waals surface area contributed by atoms with Gasteiger partial charge in [-0.1, -0.05) is 0 Å². The van der Waals surface area contributed by atoms with Gasteiger partial charge in [-0.05, 0) is 38.5 Å². The zero-order chi connectivity index (χ0) is 13.5. The highest BCUT2D eigenvalue weighted by atomic mass is 16.5. The lowest BCUT2D eigenvalue weighted by molar-refractivity contribution is -0.132. The van der Waals surface area contributed by atoms with Crippen molar-refractivity contribution in [2.75, 3.05) is 7.11 Å².